The number of nitrogens with one attached hydrogen (secondary N) is 2. The molecule has 3 saturated heterocycles. The van der Waals surface area contributed by atoms with Gasteiger partial charge in [0.1, 0.15) is 5.54 Å². The van der Waals surface area contributed by atoms with Gasteiger partial charge in [0.25, 0.3) is 16.1 Å². The summed E-state index contributed by atoms with van der Waals surface area (Å²) in [5.41, 5.74) is -1.08. The van der Waals surface area contributed by atoms with Gasteiger partial charge in [-0.25, -0.2) is 4.79 Å². The molecule has 1 atom stereocenters. The van der Waals surface area contributed by atoms with Crippen LogP contribution in [0, 0.1) is 0 Å². The molecule has 1 spiro atoms. The largest absolute Gasteiger partial charge is 0.322 e. The summed E-state index contributed by atoms with van der Waals surface area (Å²) in [5.74, 6) is -0.434. The van der Waals surface area contributed by atoms with Gasteiger partial charge in [-0.1, -0.05) is 0 Å². The van der Waals surface area contributed by atoms with E-state index in [0.717, 1.165) is 12.8 Å². The lowest BCUT2D eigenvalue weighted by molar-refractivity contribution is -0.123. The van der Waals surface area contributed by atoms with Gasteiger partial charge in [0.2, 0.25) is 0 Å². The molecule has 0 aromatic heterocycles. The first-order valence-corrected chi connectivity index (χ1v) is 7.73. The Morgan fingerprint density at radius 1 is 1.05 bits per heavy atom. The predicted molar refractivity (Wildman–Crippen MR) is 65.3 cm³/mol. The number of carbonyl (C=O) groups excluding carboxylic acids is 2. The maximum absolute atomic E-state index is 12.4. The number of imide groups is 1. The Balaban J connectivity index is 1.79. The summed E-state index contributed by atoms with van der Waals surface area (Å²) in [6.45, 7) is 1.34. The van der Waals surface area contributed by atoms with Crippen molar-refractivity contribution in [3.63, 3.8) is 0 Å². The van der Waals surface area contributed by atoms with Gasteiger partial charge in [0.15, 0.2) is 0 Å². The van der Waals surface area contributed by atoms with Gasteiger partial charge in [-0.3, -0.25) is 10.1 Å². The van der Waals surface area contributed by atoms with Gasteiger partial charge in [-0.15, -0.1) is 0 Å². The van der Waals surface area contributed by atoms with Crippen molar-refractivity contribution in [1.82, 2.24) is 19.2 Å². The Kier molecular flexibility index (Phi) is 2.80. The van der Waals surface area contributed by atoms with Gasteiger partial charge < -0.3 is 5.32 Å². The average molecular weight is 288 g/mol. The molecule has 9 heteroatoms. The summed E-state index contributed by atoms with van der Waals surface area (Å²) in [7, 11) is -3.51. The molecular weight excluding hydrogens is 272 g/mol. The van der Waals surface area contributed by atoms with E-state index in [9.17, 15) is 18.0 Å². The van der Waals surface area contributed by atoms with Crippen molar-refractivity contribution in [2.24, 2.45) is 0 Å². The predicted octanol–water partition coefficient (Wildman–Crippen LogP) is -1.39. The van der Waals surface area contributed by atoms with Crippen LogP contribution in [0.15, 0.2) is 0 Å². The monoisotopic (exact) mass is 288 g/mol. The molecule has 0 saturated carbocycles. The van der Waals surface area contributed by atoms with Crippen LogP contribution < -0.4 is 10.6 Å². The normalized spacial score (nSPS) is 33.1. The highest BCUT2D eigenvalue weighted by Crippen LogP contribution is 2.28. The number of hydrogen-bond donors (Lipinski definition) is 2. The van der Waals surface area contributed by atoms with Crippen LogP contribution in [-0.4, -0.2) is 60.7 Å². The number of hydrogen-bond acceptors (Lipinski definition) is 4. The first-order valence-electron chi connectivity index (χ1n) is 6.33. The molecule has 106 valence electrons. The molecule has 3 amide bonds. The Bertz CT molecular complexity index is 528. The van der Waals surface area contributed by atoms with E-state index in [1.54, 1.807) is 0 Å². The quantitative estimate of drug-likeness (QED) is 0.611. The zero-order valence-electron chi connectivity index (χ0n) is 10.4. The van der Waals surface area contributed by atoms with Crippen LogP contribution in [0.1, 0.15) is 19.3 Å². The number of carbonyl (C=O) groups is 2. The minimum Gasteiger partial charge on any atom is -0.322 e. The van der Waals surface area contributed by atoms with Crippen molar-refractivity contribution in [2.45, 2.75) is 24.8 Å². The van der Waals surface area contributed by atoms with Crippen molar-refractivity contribution in [3.8, 4) is 0 Å². The number of amides is 3. The zero-order chi connectivity index (χ0) is 13.7. The summed E-state index contributed by atoms with van der Waals surface area (Å²) < 4.78 is 27.5. The first kappa shape index (κ1) is 12.8. The van der Waals surface area contributed by atoms with Gasteiger partial charge in [-0.2, -0.15) is 17.0 Å². The van der Waals surface area contributed by atoms with Crippen LogP contribution in [0.3, 0.4) is 0 Å². The van der Waals surface area contributed by atoms with Crippen LogP contribution in [-0.2, 0) is 15.0 Å². The van der Waals surface area contributed by atoms with E-state index in [0.29, 0.717) is 19.5 Å². The number of rotatable bonds is 2. The van der Waals surface area contributed by atoms with Gasteiger partial charge >= 0.3 is 6.03 Å². The molecule has 1 unspecified atom stereocenters. The highest BCUT2D eigenvalue weighted by atomic mass is 32.2. The molecule has 0 bridgehead atoms. The van der Waals surface area contributed by atoms with Crippen molar-refractivity contribution < 1.29 is 18.0 Å². The molecule has 3 aliphatic rings. The number of nitrogens with zero attached hydrogens (tertiary/aromatic N) is 2. The molecule has 2 N–H and O–H groups in total. The fourth-order valence-corrected chi connectivity index (χ4v) is 4.62. The standard InChI is InChI=1S/C10H16N4O4S/c15-8-10(12-9(16)11-8)3-6-14(7-10)19(17,18)13-4-1-2-5-13/h1-7H2,(H2,11,12,15,16). The lowest BCUT2D eigenvalue weighted by Crippen LogP contribution is -2.51. The van der Waals surface area contributed by atoms with Crippen LogP contribution in [0.25, 0.3) is 0 Å². The summed E-state index contributed by atoms with van der Waals surface area (Å²) >= 11 is 0. The van der Waals surface area contributed by atoms with E-state index in [1.165, 1.54) is 8.61 Å². The minimum absolute atomic E-state index is 0.0173. The third-order valence-electron chi connectivity index (χ3n) is 3.97. The molecule has 3 fully saturated rings. The Labute approximate surface area is 111 Å². The Morgan fingerprint density at radius 3 is 2.32 bits per heavy atom. The second kappa shape index (κ2) is 4.15. The minimum atomic E-state index is -3.51. The Hall–Kier alpha value is -1.19. The SMILES string of the molecule is O=C1NC(=O)C2(CCN(S(=O)(=O)N3CCCC3)C2)N1. The van der Waals surface area contributed by atoms with Gasteiger partial charge in [0.05, 0.1) is 0 Å². The molecule has 0 aromatic rings. The average Bonchev–Trinajstić information content (AvgIpc) is 3.02. The van der Waals surface area contributed by atoms with E-state index in [2.05, 4.69) is 10.6 Å². The third-order valence-corrected chi connectivity index (χ3v) is 5.95. The molecule has 3 heterocycles. The van der Waals surface area contributed by atoms with Crippen molar-refractivity contribution in [1.29, 1.82) is 0 Å². The second-order valence-electron chi connectivity index (χ2n) is 5.19. The lowest BCUT2D eigenvalue weighted by Gasteiger charge is -2.25. The topological polar surface area (TPSA) is 98.8 Å². The summed E-state index contributed by atoms with van der Waals surface area (Å²) in [6, 6.07) is -0.551. The molecule has 19 heavy (non-hydrogen) atoms. The zero-order valence-corrected chi connectivity index (χ0v) is 11.2. The molecule has 3 rings (SSSR count). The molecule has 0 aliphatic carbocycles. The second-order valence-corrected chi connectivity index (χ2v) is 7.12. The molecule has 0 aromatic carbocycles. The van der Waals surface area contributed by atoms with Crippen LogP contribution >= 0.6 is 0 Å². The van der Waals surface area contributed by atoms with E-state index >= 15 is 0 Å². The Morgan fingerprint density at radius 2 is 1.74 bits per heavy atom. The van der Waals surface area contributed by atoms with Crippen molar-refractivity contribution in [3.05, 3.63) is 0 Å². The number of urea groups is 1. The van der Waals surface area contributed by atoms with E-state index in [-0.39, 0.29) is 13.1 Å². The smallest absolute Gasteiger partial charge is 0.322 e. The maximum Gasteiger partial charge on any atom is 0.322 e. The van der Waals surface area contributed by atoms with Crippen LogP contribution in [0.5, 0.6) is 0 Å². The fraction of sp³-hybridized carbons (Fsp3) is 0.800. The van der Waals surface area contributed by atoms with Crippen LogP contribution in [0.2, 0.25) is 0 Å². The highest BCUT2D eigenvalue weighted by Gasteiger charge is 2.53. The molecular formula is C10H16N4O4S. The molecule has 3 aliphatic heterocycles. The molecule has 8 nitrogen and oxygen atoms in total. The van der Waals surface area contributed by atoms with E-state index in [1.807, 2.05) is 0 Å². The van der Waals surface area contributed by atoms with Gasteiger partial charge in [-0.05, 0) is 19.3 Å². The van der Waals surface area contributed by atoms with Crippen LogP contribution in [0.4, 0.5) is 4.79 Å². The van der Waals surface area contributed by atoms with Gasteiger partial charge in [0, 0.05) is 26.2 Å². The van der Waals surface area contributed by atoms with Crippen molar-refractivity contribution >= 4 is 22.1 Å². The molecule has 0 radical (unpaired) electrons. The third kappa shape index (κ3) is 1.92. The lowest BCUT2D eigenvalue weighted by atomic mass is 10.00. The summed E-state index contributed by atoms with van der Waals surface area (Å²) in [5, 5.41) is 4.71. The van der Waals surface area contributed by atoms with E-state index < -0.39 is 27.7 Å². The van der Waals surface area contributed by atoms with Crippen molar-refractivity contribution in [2.75, 3.05) is 26.2 Å². The maximum atomic E-state index is 12.4. The first-order chi connectivity index (χ1) is 8.94. The van der Waals surface area contributed by atoms with E-state index in [4.69, 9.17) is 0 Å². The highest BCUT2D eigenvalue weighted by molar-refractivity contribution is 7.86. The fourth-order valence-electron chi connectivity index (χ4n) is 2.87. The summed E-state index contributed by atoms with van der Waals surface area (Å²) in [4.78, 5) is 23.0. The summed E-state index contributed by atoms with van der Waals surface area (Å²) in [6.07, 6.45) is 2.06.